The second kappa shape index (κ2) is 11.6. The second-order valence-corrected chi connectivity index (χ2v) is 10.0. The molecule has 1 N–H and O–H groups in total. The summed E-state index contributed by atoms with van der Waals surface area (Å²) in [5, 5.41) is 8.40. The minimum absolute atomic E-state index is 0.166. The number of nitrogens with one attached hydrogen (secondary N) is 1. The number of aromatic nitrogens is 2. The second-order valence-electron chi connectivity index (χ2n) is 9.57. The lowest BCUT2D eigenvalue weighted by atomic mass is 9.88. The molecule has 0 unspecified atom stereocenters. The van der Waals surface area contributed by atoms with Crippen molar-refractivity contribution in [2.45, 2.75) is 44.9 Å². The molecule has 8 heteroatoms. The molecule has 1 aliphatic carbocycles. The Bertz CT molecular complexity index is 1540. The first-order valence-electron chi connectivity index (χ1n) is 12.8. The van der Waals surface area contributed by atoms with E-state index in [4.69, 9.17) is 21.3 Å². The molecular weight excluding hydrogens is 500 g/mol. The molecule has 1 fully saturated rings. The van der Waals surface area contributed by atoms with Crippen LogP contribution in [0.15, 0.2) is 76.6 Å². The molecule has 0 saturated heterocycles. The van der Waals surface area contributed by atoms with Gasteiger partial charge in [0.05, 0.1) is 17.1 Å². The number of benzene rings is 3. The van der Waals surface area contributed by atoms with Crippen molar-refractivity contribution in [2.75, 3.05) is 11.9 Å². The van der Waals surface area contributed by atoms with Gasteiger partial charge in [-0.05, 0) is 62.2 Å². The van der Waals surface area contributed by atoms with E-state index in [1.165, 1.54) is 11.1 Å². The first kappa shape index (κ1) is 25.7. The molecule has 7 nitrogen and oxygen atoms in total. The van der Waals surface area contributed by atoms with Gasteiger partial charge < -0.3 is 10.1 Å². The summed E-state index contributed by atoms with van der Waals surface area (Å²) in [6, 6.07) is 19.9. The molecule has 1 heterocycles. The highest BCUT2D eigenvalue weighted by atomic mass is 35.5. The van der Waals surface area contributed by atoms with Crippen molar-refractivity contribution in [3.63, 3.8) is 0 Å². The fraction of sp³-hybridized carbons (Fsp3) is 0.267. The van der Waals surface area contributed by atoms with Gasteiger partial charge in [0.1, 0.15) is 11.6 Å². The first-order valence-corrected chi connectivity index (χ1v) is 13.2. The Labute approximate surface area is 226 Å². The minimum Gasteiger partial charge on any atom is -0.483 e. The molecule has 5 rings (SSSR count). The summed E-state index contributed by atoms with van der Waals surface area (Å²) in [5.41, 5.74) is 2.82. The van der Waals surface area contributed by atoms with E-state index in [0.29, 0.717) is 38.8 Å². The predicted molar refractivity (Wildman–Crippen MR) is 152 cm³/mol. The number of hydrogen-bond donors (Lipinski definition) is 1. The molecule has 0 aliphatic heterocycles. The van der Waals surface area contributed by atoms with Crippen LogP contribution in [0.5, 0.6) is 5.75 Å². The number of nitrogens with zero attached hydrogens (tertiary/aromatic N) is 3. The smallest absolute Gasteiger partial charge is 0.282 e. The highest BCUT2D eigenvalue weighted by Gasteiger charge is 2.22. The number of ether oxygens (including phenoxy) is 1. The van der Waals surface area contributed by atoms with Gasteiger partial charge >= 0.3 is 0 Å². The van der Waals surface area contributed by atoms with Gasteiger partial charge in [-0.2, -0.15) is 9.78 Å². The number of para-hydroxylation sites is 1. The fourth-order valence-electron chi connectivity index (χ4n) is 4.73. The van der Waals surface area contributed by atoms with Crippen LogP contribution in [0.3, 0.4) is 0 Å². The summed E-state index contributed by atoms with van der Waals surface area (Å²) < 4.78 is 7.23. The van der Waals surface area contributed by atoms with Crippen LogP contribution in [-0.2, 0) is 4.79 Å². The van der Waals surface area contributed by atoms with Crippen LogP contribution >= 0.6 is 11.6 Å². The van der Waals surface area contributed by atoms with Gasteiger partial charge in [-0.15, -0.1) is 0 Å². The number of anilines is 1. The van der Waals surface area contributed by atoms with Crippen molar-refractivity contribution in [1.82, 2.24) is 9.66 Å². The molecule has 1 saturated carbocycles. The molecule has 0 bridgehead atoms. The molecule has 1 aromatic heterocycles. The minimum atomic E-state index is -0.291. The van der Waals surface area contributed by atoms with Gasteiger partial charge in [-0.3, -0.25) is 9.59 Å². The monoisotopic (exact) mass is 528 g/mol. The number of fused-ring (bicyclic) bond motifs is 1. The lowest BCUT2D eigenvalue weighted by Crippen LogP contribution is -2.25. The summed E-state index contributed by atoms with van der Waals surface area (Å²) in [6.45, 7) is 1.79. The molecule has 0 spiro atoms. The molecule has 1 amide bonds. The van der Waals surface area contributed by atoms with E-state index in [9.17, 15) is 9.59 Å². The zero-order chi connectivity index (χ0) is 26.5. The van der Waals surface area contributed by atoms with Crippen molar-refractivity contribution in [2.24, 2.45) is 5.10 Å². The van der Waals surface area contributed by atoms with E-state index in [-0.39, 0.29) is 24.0 Å². The first-order chi connectivity index (χ1) is 18.5. The summed E-state index contributed by atoms with van der Waals surface area (Å²) in [6.07, 6.45) is 6.90. The van der Waals surface area contributed by atoms with Gasteiger partial charge in [-0.25, -0.2) is 4.98 Å². The zero-order valence-corrected chi connectivity index (χ0v) is 21.9. The van der Waals surface area contributed by atoms with Gasteiger partial charge in [0.25, 0.3) is 11.5 Å². The van der Waals surface area contributed by atoms with Crippen LogP contribution in [0, 0.1) is 6.92 Å². The lowest BCUT2D eigenvalue weighted by molar-refractivity contribution is -0.118. The molecule has 0 radical (unpaired) electrons. The maximum Gasteiger partial charge on any atom is 0.282 e. The normalized spacial score (nSPS) is 14.2. The SMILES string of the molecule is Cc1ccc(NC(=O)COc2ccc(Cl)cc2C=Nn2c(C3CCCCC3)nc3ccccc3c2=O)cc1. The van der Waals surface area contributed by atoms with Crippen molar-refractivity contribution >= 4 is 40.3 Å². The lowest BCUT2D eigenvalue weighted by Gasteiger charge is -2.22. The third-order valence-corrected chi connectivity index (χ3v) is 6.96. The van der Waals surface area contributed by atoms with E-state index in [1.807, 2.05) is 49.4 Å². The number of carbonyl (C=O) groups excluding carboxylic acids is 1. The topological polar surface area (TPSA) is 85.6 Å². The molecular formula is C30H29ClN4O3. The van der Waals surface area contributed by atoms with Crippen LogP contribution in [-0.4, -0.2) is 28.4 Å². The largest absolute Gasteiger partial charge is 0.483 e. The zero-order valence-electron chi connectivity index (χ0n) is 21.2. The summed E-state index contributed by atoms with van der Waals surface area (Å²) in [4.78, 5) is 30.8. The van der Waals surface area contributed by atoms with Crippen LogP contribution in [0.4, 0.5) is 5.69 Å². The number of aryl methyl sites for hydroxylation is 1. The van der Waals surface area contributed by atoms with Gasteiger partial charge in [0.15, 0.2) is 6.61 Å². The van der Waals surface area contributed by atoms with E-state index in [0.717, 1.165) is 31.2 Å². The van der Waals surface area contributed by atoms with E-state index in [1.54, 1.807) is 30.5 Å². The number of carbonyl (C=O) groups is 1. The van der Waals surface area contributed by atoms with E-state index >= 15 is 0 Å². The maximum atomic E-state index is 13.5. The van der Waals surface area contributed by atoms with Crippen LogP contribution < -0.4 is 15.6 Å². The van der Waals surface area contributed by atoms with Gasteiger partial charge in [0, 0.05) is 22.2 Å². The molecule has 0 atom stereocenters. The number of rotatable bonds is 7. The summed E-state index contributed by atoms with van der Waals surface area (Å²) >= 11 is 6.27. The van der Waals surface area contributed by atoms with Crippen LogP contribution in [0.2, 0.25) is 5.02 Å². The Morgan fingerprint density at radius 1 is 1.11 bits per heavy atom. The Kier molecular flexibility index (Phi) is 7.84. The Morgan fingerprint density at radius 3 is 2.66 bits per heavy atom. The Hall–Kier alpha value is -3.97. The standard InChI is InChI=1S/C30H29ClN4O3/c1-20-11-14-24(15-12-20)33-28(36)19-38-27-16-13-23(31)17-22(27)18-32-35-29(21-7-3-2-4-8-21)34-26-10-6-5-9-25(26)30(35)37/h5-6,9-18,21H,2-4,7-8,19H2,1H3,(H,33,36). The quantitative estimate of drug-likeness (QED) is 0.285. The Morgan fingerprint density at radius 2 is 1.87 bits per heavy atom. The maximum absolute atomic E-state index is 13.5. The third kappa shape index (κ3) is 5.94. The number of amides is 1. The van der Waals surface area contributed by atoms with Gasteiger partial charge in [0.2, 0.25) is 0 Å². The summed E-state index contributed by atoms with van der Waals surface area (Å²) in [7, 11) is 0. The highest BCUT2D eigenvalue weighted by Crippen LogP contribution is 2.32. The third-order valence-electron chi connectivity index (χ3n) is 6.73. The van der Waals surface area contributed by atoms with E-state index in [2.05, 4.69) is 10.4 Å². The number of hydrogen-bond acceptors (Lipinski definition) is 5. The molecule has 4 aromatic rings. The van der Waals surface area contributed by atoms with E-state index < -0.39 is 0 Å². The van der Waals surface area contributed by atoms with Crippen LogP contribution in [0.25, 0.3) is 10.9 Å². The average Bonchev–Trinajstić information content (AvgIpc) is 2.93. The van der Waals surface area contributed by atoms with Crippen molar-refractivity contribution in [3.05, 3.63) is 99.1 Å². The van der Waals surface area contributed by atoms with Crippen LogP contribution in [0.1, 0.15) is 55.0 Å². The fourth-order valence-corrected chi connectivity index (χ4v) is 4.91. The Balaban J connectivity index is 1.42. The predicted octanol–water partition coefficient (Wildman–Crippen LogP) is 6.31. The summed E-state index contributed by atoms with van der Waals surface area (Å²) in [5.74, 6) is 0.977. The molecule has 38 heavy (non-hydrogen) atoms. The van der Waals surface area contributed by atoms with Crippen molar-refractivity contribution < 1.29 is 9.53 Å². The highest BCUT2D eigenvalue weighted by molar-refractivity contribution is 6.30. The molecule has 194 valence electrons. The number of halogens is 1. The van der Waals surface area contributed by atoms with Gasteiger partial charge in [-0.1, -0.05) is 60.7 Å². The van der Waals surface area contributed by atoms with Crippen molar-refractivity contribution in [1.29, 1.82) is 0 Å². The average molecular weight is 529 g/mol. The molecule has 1 aliphatic rings. The van der Waals surface area contributed by atoms with Crippen molar-refractivity contribution in [3.8, 4) is 5.75 Å². The molecule has 3 aromatic carbocycles.